The highest BCUT2D eigenvalue weighted by molar-refractivity contribution is 7.14. The number of halogens is 1. The van der Waals surface area contributed by atoms with Crippen molar-refractivity contribution < 1.29 is 0 Å². The van der Waals surface area contributed by atoms with Gasteiger partial charge in [0.05, 0.1) is 5.02 Å². The van der Waals surface area contributed by atoms with E-state index in [0.717, 1.165) is 35.2 Å². The highest BCUT2D eigenvalue weighted by Crippen LogP contribution is 2.22. The average molecular weight is 269 g/mol. The summed E-state index contributed by atoms with van der Waals surface area (Å²) in [4.78, 5) is 4.21. The van der Waals surface area contributed by atoms with E-state index in [0.29, 0.717) is 5.02 Å². The van der Waals surface area contributed by atoms with E-state index in [2.05, 4.69) is 27.4 Å². The van der Waals surface area contributed by atoms with Crippen molar-refractivity contribution in [2.75, 3.05) is 6.54 Å². The topological polar surface area (TPSA) is 50.7 Å². The fourth-order valence-corrected chi connectivity index (χ4v) is 2.20. The van der Waals surface area contributed by atoms with Gasteiger partial charge < -0.3 is 5.32 Å². The Morgan fingerprint density at radius 2 is 2.24 bits per heavy atom. The van der Waals surface area contributed by atoms with Crippen molar-refractivity contribution in [3.8, 4) is 10.7 Å². The van der Waals surface area contributed by atoms with Crippen molar-refractivity contribution in [3.63, 3.8) is 0 Å². The van der Waals surface area contributed by atoms with Crippen molar-refractivity contribution in [1.29, 1.82) is 0 Å². The zero-order chi connectivity index (χ0) is 12.1. The van der Waals surface area contributed by atoms with E-state index in [1.165, 1.54) is 0 Å². The lowest BCUT2D eigenvalue weighted by atomic mass is 10.4. The standard InChI is InChI=1S/C11H13ClN4S/c1-2-5-13-7-10-15-16-11(17-10)9-4-3-8(12)6-14-9/h3-4,6,13H,2,5,7H2,1H3. The second kappa shape index (κ2) is 6.05. The van der Waals surface area contributed by atoms with Crippen LogP contribution in [0.2, 0.25) is 5.02 Å². The van der Waals surface area contributed by atoms with E-state index < -0.39 is 0 Å². The predicted octanol–water partition coefficient (Wildman–Crippen LogP) is 2.75. The van der Waals surface area contributed by atoms with E-state index in [4.69, 9.17) is 11.6 Å². The number of nitrogens with zero attached hydrogens (tertiary/aromatic N) is 3. The summed E-state index contributed by atoms with van der Waals surface area (Å²) >= 11 is 7.34. The van der Waals surface area contributed by atoms with Crippen molar-refractivity contribution in [3.05, 3.63) is 28.4 Å². The summed E-state index contributed by atoms with van der Waals surface area (Å²) in [6, 6.07) is 3.66. The molecule has 0 aromatic carbocycles. The van der Waals surface area contributed by atoms with E-state index >= 15 is 0 Å². The van der Waals surface area contributed by atoms with Crippen LogP contribution in [-0.4, -0.2) is 21.7 Å². The van der Waals surface area contributed by atoms with Crippen molar-refractivity contribution in [2.45, 2.75) is 19.9 Å². The number of hydrogen-bond acceptors (Lipinski definition) is 5. The minimum absolute atomic E-state index is 0.628. The molecule has 0 aliphatic rings. The first-order valence-electron chi connectivity index (χ1n) is 5.44. The maximum atomic E-state index is 5.78. The summed E-state index contributed by atoms with van der Waals surface area (Å²) in [5, 5.41) is 14.0. The van der Waals surface area contributed by atoms with Gasteiger partial charge in [0, 0.05) is 12.7 Å². The van der Waals surface area contributed by atoms with Crippen LogP contribution in [0.1, 0.15) is 18.4 Å². The molecule has 0 saturated heterocycles. The van der Waals surface area contributed by atoms with Crippen molar-refractivity contribution in [1.82, 2.24) is 20.5 Å². The molecule has 0 spiro atoms. The Hall–Kier alpha value is -1.04. The highest BCUT2D eigenvalue weighted by Gasteiger charge is 2.07. The van der Waals surface area contributed by atoms with Gasteiger partial charge in [-0.05, 0) is 25.1 Å². The van der Waals surface area contributed by atoms with Gasteiger partial charge in [0.25, 0.3) is 0 Å². The maximum absolute atomic E-state index is 5.78. The number of pyridine rings is 1. The lowest BCUT2D eigenvalue weighted by molar-refractivity contribution is 0.668. The van der Waals surface area contributed by atoms with Gasteiger partial charge in [0.15, 0.2) is 5.01 Å². The van der Waals surface area contributed by atoms with E-state index in [1.54, 1.807) is 23.6 Å². The molecule has 0 unspecified atom stereocenters. The van der Waals surface area contributed by atoms with Gasteiger partial charge in [0.1, 0.15) is 10.7 Å². The Balaban J connectivity index is 2.04. The molecule has 0 atom stereocenters. The summed E-state index contributed by atoms with van der Waals surface area (Å²) in [6.45, 7) is 3.89. The average Bonchev–Trinajstić information content (AvgIpc) is 2.79. The highest BCUT2D eigenvalue weighted by atomic mass is 35.5. The maximum Gasteiger partial charge on any atom is 0.166 e. The molecule has 0 fully saturated rings. The first kappa shape index (κ1) is 12.4. The molecule has 6 heteroatoms. The molecular formula is C11H13ClN4S. The van der Waals surface area contributed by atoms with Gasteiger partial charge in [-0.1, -0.05) is 29.9 Å². The number of rotatable bonds is 5. The third-order valence-corrected chi connectivity index (χ3v) is 3.29. The lowest BCUT2D eigenvalue weighted by Crippen LogP contribution is -2.13. The molecule has 2 aromatic heterocycles. The Bertz CT molecular complexity index is 469. The van der Waals surface area contributed by atoms with Gasteiger partial charge in [-0.25, -0.2) is 0 Å². The first-order chi connectivity index (χ1) is 8.29. The van der Waals surface area contributed by atoms with Gasteiger partial charge in [0.2, 0.25) is 0 Å². The van der Waals surface area contributed by atoms with E-state index in [-0.39, 0.29) is 0 Å². The molecule has 0 aliphatic carbocycles. The van der Waals surface area contributed by atoms with Crippen LogP contribution in [0.5, 0.6) is 0 Å². The van der Waals surface area contributed by atoms with Gasteiger partial charge in [-0.15, -0.1) is 10.2 Å². The van der Waals surface area contributed by atoms with E-state index in [1.807, 2.05) is 6.07 Å². The van der Waals surface area contributed by atoms with Crippen molar-refractivity contribution in [2.24, 2.45) is 0 Å². The van der Waals surface area contributed by atoms with Crippen LogP contribution in [0.3, 0.4) is 0 Å². The monoisotopic (exact) mass is 268 g/mol. The Labute approximate surface area is 109 Å². The molecule has 0 radical (unpaired) electrons. The second-order valence-corrected chi connectivity index (χ2v) is 5.04. The van der Waals surface area contributed by atoms with Crippen LogP contribution in [0.4, 0.5) is 0 Å². The van der Waals surface area contributed by atoms with Crippen LogP contribution in [0, 0.1) is 0 Å². The molecule has 2 aromatic rings. The molecule has 0 amide bonds. The van der Waals surface area contributed by atoms with Gasteiger partial charge in [-0.2, -0.15) is 0 Å². The summed E-state index contributed by atoms with van der Waals surface area (Å²) in [5.74, 6) is 0. The Kier molecular flexibility index (Phi) is 4.42. The van der Waals surface area contributed by atoms with Crippen LogP contribution in [-0.2, 0) is 6.54 Å². The number of aromatic nitrogens is 3. The SMILES string of the molecule is CCCNCc1nnc(-c2ccc(Cl)cn2)s1. The van der Waals surface area contributed by atoms with Crippen LogP contribution in [0.15, 0.2) is 18.3 Å². The van der Waals surface area contributed by atoms with Gasteiger partial charge in [-0.3, -0.25) is 4.98 Å². The second-order valence-electron chi connectivity index (χ2n) is 3.54. The molecule has 0 aliphatic heterocycles. The van der Waals surface area contributed by atoms with Crippen molar-refractivity contribution >= 4 is 22.9 Å². The van der Waals surface area contributed by atoms with Crippen LogP contribution < -0.4 is 5.32 Å². The molecule has 0 bridgehead atoms. The first-order valence-corrected chi connectivity index (χ1v) is 6.64. The largest absolute Gasteiger partial charge is 0.310 e. The molecule has 2 heterocycles. The quantitative estimate of drug-likeness (QED) is 0.847. The summed E-state index contributed by atoms with van der Waals surface area (Å²) in [6.07, 6.45) is 2.73. The molecule has 4 nitrogen and oxygen atoms in total. The Morgan fingerprint density at radius 1 is 1.35 bits per heavy atom. The fraction of sp³-hybridized carbons (Fsp3) is 0.364. The molecule has 90 valence electrons. The van der Waals surface area contributed by atoms with E-state index in [9.17, 15) is 0 Å². The zero-order valence-corrected chi connectivity index (χ0v) is 11.1. The zero-order valence-electron chi connectivity index (χ0n) is 9.48. The normalized spacial score (nSPS) is 10.7. The Morgan fingerprint density at radius 3 is 2.94 bits per heavy atom. The predicted molar refractivity (Wildman–Crippen MR) is 70.1 cm³/mol. The summed E-state index contributed by atoms with van der Waals surface area (Å²) in [7, 11) is 0. The minimum Gasteiger partial charge on any atom is -0.310 e. The molecular weight excluding hydrogens is 256 g/mol. The number of hydrogen-bond donors (Lipinski definition) is 1. The minimum atomic E-state index is 0.628. The fourth-order valence-electron chi connectivity index (χ4n) is 1.30. The number of nitrogens with one attached hydrogen (secondary N) is 1. The smallest absolute Gasteiger partial charge is 0.166 e. The van der Waals surface area contributed by atoms with Crippen LogP contribution in [0.25, 0.3) is 10.7 Å². The summed E-state index contributed by atoms with van der Waals surface area (Å²) in [5.41, 5.74) is 0.814. The van der Waals surface area contributed by atoms with Crippen LogP contribution >= 0.6 is 22.9 Å². The summed E-state index contributed by atoms with van der Waals surface area (Å²) < 4.78 is 0. The molecule has 17 heavy (non-hydrogen) atoms. The molecule has 2 rings (SSSR count). The third kappa shape index (κ3) is 3.46. The third-order valence-electron chi connectivity index (χ3n) is 2.12. The van der Waals surface area contributed by atoms with Gasteiger partial charge >= 0.3 is 0 Å². The molecule has 0 saturated carbocycles. The molecule has 1 N–H and O–H groups in total. The lowest BCUT2D eigenvalue weighted by Gasteiger charge is -1.96.